The Morgan fingerprint density at radius 2 is 1.92 bits per heavy atom. The first-order valence-electron chi connectivity index (χ1n) is 8.85. The topological polar surface area (TPSA) is 67.1 Å². The highest BCUT2D eigenvalue weighted by Crippen LogP contribution is 2.19. The maximum Gasteiger partial charge on any atom is 0.191 e. The zero-order valence-electron chi connectivity index (χ0n) is 15.6. The average Bonchev–Trinajstić information content (AvgIpc) is 2.96. The fraction of sp³-hybridized carbons (Fsp3) is 0.500. The van der Waals surface area contributed by atoms with Crippen LogP contribution in [0.15, 0.2) is 34.2 Å². The third-order valence-corrected chi connectivity index (χ3v) is 5.13. The third-order valence-electron chi connectivity index (χ3n) is 3.86. The number of aliphatic imine (C=N–C) groups is 1. The van der Waals surface area contributed by atoms with E-state index in [-0.39, 0.29) is 0 Å². The molecule has 26 heavy (non-hydrogen) atoms. The van der Waals surface area contributed by atoms with Gasteiger partial charge in [0.1, 0.15) is 12.4 Å². The van der Waals surface area contributed by atoms with Gasteiger partial charge >= 0.3 is 0 Å². The zero-order chi connectivity index (χ0) is 18.8. The van der Waals surface area contributed by atoms with E-state index in [0.29, 0.717) is 6.54 Å². The van der Waals surface area contributed by atoms with Crippen molar-refractivity contribution in [3.05, 3.63) is 40.9 Å². The van der Waals surface area contributed by atoms with Crippen LogP contribution in [0.5, 0.6) is 0 Å². The van der Waals surface area contributed by atoms with E-state index < -0.39 is 0 Å². The summed E-state index contributed by atoms with van der Waals surface area (Å²) in [6.45, 7) is 6.35. The van der Waals surface area contributed by atoms with Crippen LogP contribution < -0.4 is 10.6 Å². The number of nitrogens with zero attached hydrogens (tertiary/aromatic N) is 4. The van der Waals surface area contributed by atoms with Crippen LogP contribution in [0.4, 0.5) is 0 Å². The van der Waals surface area contributed by atoms with Gasteiger partial charge in [-0.05, 0) is 37.6 Å². The van der Waals surface area contributed by atoms with Gasteiger partial charge in [-0.3, -0.25) is 0 Å². The maximum atomic E-state index is 5.92. The van der Waals surface area contributed by atoms with E-state index in [2.05, 4.69) is 32.7 Å². The smallest absolute Gasteiger partial charge is 0.191 e. The molecule has 0 saturated carbocycles. The number of aromatic nitrogens is 3. The SMILES string of the molecule is CCCCNC(=NCc1nnc(C)n1C)NCCSc1ccc(Cl)cc1. The summed E-state index contributed by atoms with van der Waals surface area (Å²) in [7, 11) is 1.96. The van der Waals surface area contributed by atoms with Gasteiger partial charge in [0.15, 0.2) is 11.8 Å². The maximum absolute atomic E-state index is 5.92. The monoisotopic (exact) mass is 394 g/mol. The molecule has 0 fully saturated rings. The van der Waals surface area contributed by atoms with Crippen molar-refractivity contribution in [3.63, 3.8) is 0 Å². The van der Waals surface area contributed by atoms with Crippen LogP contribution in [0, 0.1) is 6.92 Å². The van der Waals surface area contributed by atoms with Gasteiger partial charge in [0.2, 0.25) is 0 Å². The molecule has 0 spiro atoms. The van der Waals surface area contributed by atoms with E-state index in [1.54, 1.807) is 11.8 Å². The second kappa shape index (κ2) is 11.1. The summed E-state index contributed by atoms with van der Waals surface area (Å²) < 4.78 is 1.96. The Morgan fingerprint density at radius 3 is 2.58 bits per heavy atom. The van der Waals surface area contributed by atoms with Crippen molar-refractivity contribution in [2.24, 2.45) is 12.0 Å². The van der Waals surface area contributed by atoms with E-state index >= 15 is 0 Å². The predicted octanol–water partition coefficient (Wildman–Crippen LogP) is 3.40. The van der Waals surface area contributed by atoms with Crippen molar-refractivity contribution in [2.75, 3.05) is 18.8 Å². The fourth-order valence-corrected chi connectivity index (χ4v) is 3.06. The van der Waals surface area contributed by atoms with E-state index in [4.69, 9.17) is 11.6 Å². The Labute approximate surface area is 164 Å². The molecule has 2 N–H and O–H groups in total. The number of hydrogen-bond acceptors (Lipinski definition) is 4. The summed E-state index contributed by atoms with van der Waals surface area (Å²) in [5.41, 5.74) is 0. The summed E-state index contributed by atoms with van der Waals surface area (Å²) >= 11 is 7.71. The number of unbranched alkanes of at least 4 members (excludes halogenated alkanes) is 1. The largest absolute Gasteiger partial charge is 0.356 e. The first kappa shape index (κ1) is 20.6. The average molecular weight is 395 g/mol. The summed E-state index contributed by atoms with van der Waals surface area (Å²) in [6.07, 6.45) is 2.26. The highest BCUT2D eigenvalue weighted by Gasteiger charge is 2.05. The fourth-order valence-electron chi connectivity index (χ4n) is 2.17. The van der Waals surface area contributed by atoms with Crippen LogP contribution in [0.1, 0.15) is 31.4 Å². The van der Waals surface area contributed by atoms with E-state index in [1.807, 2.05) is 42.8 Å². The molecule has 0 aliphatic heterocycles. The van der Waals surface area contributed by atoms with Gasteiger partial charge in [-0.2, -0.15) is 0 Å². The molecule has 0 unspecified atom stereocenters. The normalized spacial score (nSPS) is 11.6. The van der Waals surface area contributed by atoms with Crippen LogP contribution in [-0.4, -0.2) is 39.6 Å². The van der Waals surface area contributed by atoms with Crippen molar-refractivity contribution in [1.82, 2.24) is 25.4 Å². The number of benzene rings is 1. The van der Waals surface area contributed by atoms with Gasteiger partial charge in [0, 0.05) is 35.8 Å². The molecule has 2 rings (SSSR count). The molecule has 0 amide bonds. The summed E-state index contributed by atoms with van der Waals surface area (Å²) in [6, 6.07) is 7.91. The lowest BCUT2D eigenvalue weighted by molar-refractivity contribution is 0.721. The van der Waals surface area contributed by atoms with Gasteiger partial charge in [0.25, 0.3) is 0 Å². The van der Waals surface area contributed by atoms with Crippen molar-refractivity contribution in [3.8, 4) is 0 Å². The molecule has 2 aromatic rings. The second-order valence-corrected chi connectivity index (χ2v) is 7.50. The van der Waals surface area contributed by atoms with Gasteiger partial charge in [0.05, 0.1) is 0 Å². The van der Waals surface area contributed by atoms with Crippen LogP contribution in [-0.2, 0) is 13.6 Å². The summed E-state index contributed by atoms with van der Waals surface area (Å²) in [5.74, 6) is 3.51. The Balaban J connectivity index is 1.84. The quantitative estimate of drug-likeness (QED) is 0.295. The highest BCUT2D eigenvalue weighted by molar-refractivity contribution is 7.99. The number of rotatable bonds is 9. The lowest BCUT2D eigenvalue weighted by Crippen LogP contribution is -2.39. The lowest BCUT2D eigenvalue weighted by atomic mass is 10.3. The minimum absolute atomic E-state index is 0.503. The molecule has 0 atom stereocenters. The number of hydrogen-bond donors (Lipinski definition) is 2. The summed E-state index contributed by atoms with van der Waals surface area (Å²) in [5, 5.41) is 15.8. The lowest BCUT2D eigenvalue weighted by Gasteiger charge is -2.12. The number of halogens is 1. The van der Waals surface area contributed by atoms with Crippen LogP contribution in [0.3, 0.4) is 0 Å². The molecule has 0 radical (unpaired) electrons. The molecule has 6 nitrogen and oxygen atoms in total. The molecular weight excluding hydrogens is 368 g/mol. The van der Waals surface area contributed by atoms with E-state index in [1.165, 1.54) is 4.90 Å². The number of thioether (sulfide) groups is 1. The first-order valence-corrected chi connectivity index (χ1v) is 10.2. The molecule has 1 aromatic heterocycles. The minimum Gasteiger partial charge on any atom is -0.356 e. The Bertz CT molecular complexity index is 698. The van der Waals surface area contributed by atoms with Crippen molar-refractivity contribution >= 4 is 29.3 Å². The van der Waals surface area contributed by atoms with Gasteiger partial charge in [-0.25, -0.2) is 4.99 Å². The molecule has 0 bridgehead atoms. The van der Waals surface area contributed by atoms with Crippen LogP contribution in [0.2, 0.25) is 5.02 Å². The summed E-state index contributed by atoms with van der Waals surface area (Å²) in [4.78, 5) is 5.85. The van der Waals surface area contributed by atoms with Gasteiger partial charge in [-0.1, -0.05) is 24.9 Å². The predicted molar refractivity (Wildman–Crippen MR) is 110 cm³/mol. The van der Waals surface area contributed by atoms with E-state index in [0.717, 1.165) is 54.3 Å². The molecule has 1 heterocycles. The highest BCUT2D eigenvalue weighted by atomic mass is 35.5. The molecule has 0 aliphatic rings. The van der Waals surface area contributed by atoms with E-state index in [9.17, 15) is 0 Å². The number of nitrogens with one attached hydrogen (secondary N) is 2. The second-order valence-electron chi connectivity index (χ2n) is 5.90. The molecule has 0 aliphatic carbocycles. The molecule has 8 heteroatoms. The Hall–Kier alpha value is -1.73. The molecule has 142 valence electrons. The Morgan fingerprint density at radius 1 is 1.19 bits per heavy atom. The molecule has 0 saturated heterocycles. The molecular formula is C18H27ClN6S. The first-order chi connectivity index (χ1) is 12.6. The molecule has 1 aromatic carbocycles. The zero-order valence-corrected chi connectivity index (χ0v) is 17.2. The Kier molecular flexibility index (Phi) is 8.77. The van der Waals surface area contributed by atoms with Crippen molar-refractivity contribution in [1.29, 1.82) is 0 Å². The third kappa shape index (κ3) is 6.88. The van der Waals surface area contributed by atoms with Gasteiger partial charge < -0.3 is 15.2 Å². The standard InChI is InChI=1S/C18H27ClN6S/c1-4-5-10-20-18(22-13-17-24-23-14(2)25(17)3)21-11-12-26-16-8-6-15(19)7-9-16/h6-9H,4-5,10-13H2,1-3H3,(H2,20,21,22). The minimum atomic E-state index is 0.503. The number of aryl methyl sites for hydroxylation is 1. The van der Waals surface area contributed by atoms with Crippen LogP contribution in [0.25, 0.3) is 0 Å². The van der Waals surface area contributed by atoms with Crippen LogP contribution >= 0.6 is 23.4 Å². The van der Waals surface area contributed by atoms with Crippen molar-refractivity contribution < 1.29 is 0 Å². The number of guanidine groups is 1. The van der Waals surface area contributed by atoms with Gasteiger partial charge in [-0.15, -0.1) is 22.0 Å². The van der Waals surface area contributed by atoms with Crippen molar-refractivity contribution in [2.45, 2.75) is 38.1 Å².